The summed E-state index contributed by atoms with van der Waals surface area (Å²) < 4.78 is 28.1. The highest BCUT2D eigenvalue weighted by molar-refractivity contribution is 8.00. The third-order valence-electron chi connectivity index (χ3n) is 3.43. The minimum atomic E-state index is -4.00. The molecule has 0 spiro atoms. The van der Waals surface area contributed by atoms with Crippen LogP contribution in [0.2, 0.25) is 0 Å². The molecule has 0 aromatic heterocycles. The second kappa shape index (κ2) is 7.59. The van der Waals surface area contributed by atoms with Crippen LogP contribution in [0.5, 0.6) is 0 Å². The SMILES string of the molecule is O=[N+]([O-])c1cccc(S(=O)(=O)Nc2ccccc2)c1Sc1ccccc1. The Bertz CT molecular complexity index is 1020. The zero-order valence-corrected chi connectivity index (χ0v) is 15.0. The second-order valence-electron chi connectivity index (χ2n) is 5.25. The lowest BCUT2D eigenvalue weighted by atomic mass is 10.3. The van der Waals surface area contributed by atoms with Crippen LogP contribution in [-0.4, -0.2) is 13.3 Å². The molecule has 0 aliphatic carbocycles. The third kappa shape index (κ3) is 4.04. The molecule has 1 N–H and O–H groups in total. The van der Waals surface area contributed by atoms with E-state index in [-0.39, 0.29) is 15.5 Å². The molecule has 0 aliphatic heterocycles. The molecule has 0 saturated carbocycles. The quantitative estimate of drug-likeness (QED) is 0.496. The average molecular weight is 386 g/mol. The van der Waals surface area contributed by atoms with Crippen LogP contribution in [-0.2, 0) is 10.0 Å². The molecule has 8 heteroatoms. The Labute approximate surface area is 155 Å². The summed E-state index contributed by atoms with van der Waals surface area (Å²) in [6.45, 7) is 0. The second-order valence-corrected chi connectivity index (χ2v) is 7.98. The summed E-state index contributed by atoms with van der Waals surface area (Å²) >= 11 is 1.05. The highest BCUT2D eigenvalue weighted by Gasteiger charge is 2.26. The number of nitrogens with one attached hydrogen (secondary N) is 1. The van der Waals surface area contributed by atoms with Crippen molar-refractivity contribution >= 4 is 33.2 Å². The van der Waals surface area contributed by atoms with Crippen molar-refractivity contribution in [3.63, 3.8) is 0 Å². The van der Waals surface area contributed by atoms with Crippen LogP contribution >= 0.6 is 11.8 Å². The maximum Gasteiger partial charge on any atom is 0.284 e. The minimum Gasteiger partial charge on any atom is -0.280 e. The van der Waals surface area contributed by atoms with Gasteiger partial charge in [-0.3, -0.25) is 14.8 Å². The van der Waals surface area contributed by atoms with Gasteiger partial charge in [-0.05, 0) is 30.3 Å². The van der Waals surface area contributed by atoms with Gasteiger partial charge in [0, 0.05) is 16.6 Å². The molecule has 0 bridgehead atoms. The zero-order chi connectivity index (χ0) is 18.6. The molecule has 6 nitrogen and oxygen atoms in total. The standard InChI is InChI=1S/C18H14N2O4S2/c21-20(22)16-12-7-13-17(18(16)25-15-10-5-2-6-11-15)26(23,24)19-14-8-3-1-4-9-14/h1-13,19H. The van der Waals surface area contributed by atoms with Gasteiger partial charge in [0.2, 0.25) is 0 Å². The molecule has 3 rings (SSSR count). The summed E-state index contributed by atoms with van der Waals surface area (Å²) in [7, 11) is -4.00. The van der Waals surface area contributed by atoms with E-state index >= 15 is 0 Å². The predicted molar refractivity (Wildman–Crippen MR) is 101 cm³/mol. The monoisotopic (exact) mass is 386 g/mol. The van der Waals surface area contributed by atoms with E-state index < -0.39 is 14.9 Å². The van der Waals surface area contributed by atoms with Crippen LogP contribution in [0.3, 0.4) is 0 Å². The Morgan fingerprint density at radius 1 is 0.846 bits per heavy atom. The van der Waals surface area contributed by atoms with Crippen molar-refractivity contribution in [2.45, 2.75) is 14.7 Å². The van der Waals surface area contributed by atoms with Crippen molar-refractivity contribution in [1.82, 2.24) is 0 Å². The maximum atomic E-state index is 12.8. The van der Waals surface area contributed by atoms with Gasteiger partial charge in [0.15, 0.2) is 0 Å². The molecular weight excluding hydrogens is 372 g/mol. The largest absolute Gasteiger partial charge is 0.284 e. The molecular formula is C18H14N2O4S2. The van der Waals surface area contributed by atoms with Crippen LogP contribution < -0.4 is 4.72 Å². The lowest BCUT2D eigenvalue weighted by Crippen LogP contribution is -2.14. The van der Waals surface area contributed by atoms with E-state index in [9.17, 15) is 18.5 Å². The lowest BCUT2D eigenvalue weighted by Gasteiger charge is -2.12. The van der Waals surface area contributed by atoms with Crippen molar-refractivity contribution in [3.8, 4) is 0 Å². The van der Waals surface area contributed by atoms with Crippen LogP contribution in [0.1, 0.15) is 0 Å². The van der Waals surface area contributed by atoms with E-state index in [1.807, 2.05) is 6.07 Å². The van der Waals surface area contributed by atoms with E-state index in [2.05, 4.69) is 4.72 Å². The summed E-state index contributed by atoms with van der Waals surface area (Å²) in [6.07, 6.45) is 0. The molecule has 132 valence electrons. The van der Waals surface area contributed by atoms with Crippen molar-refractivity contribution in [1.29, 1.82) is 0 Å². The Hall–Kier alpha value is -2.84. The number of hydrogen-bond donors (Lipinski definition) is 1. The first kappa shape index (κ1) is 18.0. The molecule has 26 heavy (non-hydrogen) atoms. The molecule has 0 atom stereocenters. The van der Waals surface area contributed by atoms with Gasteiger partial charge in [0.1, 0.15) is 9.79 Å². The normalized spacial score (nSPS) is 11.1. The van der Waals surface area contributed by atoms with E-state index in [4.69, 9.17) is 0 Å². The lowest BCUT2D eigenvalue weighted by molar-refractivity contribution is -0.388. The number of sulfonamides is 1. The highest BCUT2D eigenvalue weighted by Crippen LogP contribution is 2.39. The zero-order valence-electron chi connectivity index (χ0n) is 13.4. The topological polar surface area (TPSA) is 89.3 Å². The molecule has 3 aromatic rings. The van der Waals surface area contributed by atoms with Crippen molar-refractivity contribution < 1.29 is 13.3 Å². The minimum absolute atomic E-state index is 0.0760. The number of anilines is 1. The summed E-state index contributed by atoms with van der Waals surface area (Å²) in [6, 6.07) is 21.3. The van der Waals surface area contributed by atoms with Gasteiger partial charge >= 0.3 is 0 Å². The number of benzene rings is 3. The molecule has 0 saturated heterocycles. The Kier molecular flexibility index (Phi) is 5.24. The summed E-state index contributed by atoms with van der Waals surface area (Å²) in [4.78, 5) is 11.5. The number of nitro groups is 1. The smallest absolute Gasteiger partial charge is 0.280 e. The first-order chi connectivity index (χ1) is 12.5. The van der Waals surface area contributed by atoms with E-state index in [0.717, 1.165) is 11.8 Å². The predicted octanol–water partition coefficient (Wildman–Crippen LogP) is 4.55. The summed E-state index contributed by atoms with van der Waals surface area (Å²) in [5, 5.41) is 11.4. The maximum absolute atomic E-state index is 12.8. The van der Waals surface area contributed by atoms with Crippen LogP contribution in [0.15, 0.2) is 93.5 Å². The molecule has 0 radical (unpaired) electrons. The van der Waals surface area contributed by atoms with Gasteiger partial charge < -0.3 is 0 Å². The molecule has 0 amide bonds. The molecule has 0 fully saturated rings. The van der Waals surface area contributed by atoms with Crippen LogP contribution in [0, 0.1) is 10.1 Å². The molecule has 0 aliphatic rings. The Morgan fingerprint density at radius 3 is 2.08 bits per heavy atom. The third-order valence-corrected chi connectivity index (χ3v) is 6.13. The number of nitrogens with zero attached hydrogens (tertiary/aromatic N) is 1. The van der Waals surface area contributed by atoms with E-state index in [1.165, 1.54) is 18.2 Å². The molecule has 0 heterocycles. The fourth-order valence-corrected chi connectivity index (χ4v) is 4.85. The van der Waals surface area contributed by atoms with Gasteiger partial charge in [-0.15, -0.1) is 0 Å². The van der Waals surface area contributed by atoms with E-state index in [1.54, 1.807) is 54.6 Å². The number of nitro benzene ring substituents is 1. The summed E-state index contributed by atoms with van der Waals surface area (Å²) in [5.41, 5.74) is 0.129. The Morgan fingerprint density at radius 2 is 1.46 bits per heavy atom. The first-order valence-corrected chi connectivity index (χ1v) is 9.85. The van der Waals surface area contributed by atoms with Crippen LogP contribution in [0.25, 0.3) is 0 Å². The molecule has 0 unspecified atom stereocenters. The van der Waals surface area contributed by atoms with Crippen molar-refractivity contribution in [3.05, 3.63) is 89.0 Å². The number of rotatable bonds is 6. The van der Waals surface area contributed by atoms with Crippen molar-refractivity contribution in [2.75, 3.05) is 4.72 Å². The van der Waals surface area contributed by atoms with Gasteiger partial charge in [-0.25, -0.2) is 8.42 Å². The van der Waals surface area contributed by atoms with Gasteiger partial charge in [0.05, 0.1) is 4.92 Å². The van der Waals surface area contributed by atoms with Crippen LogP contribution in [0.4, 0.5) is 11.4 Å². The molecule has 3 aromatic carbocycles. The van der Waals surface area contributed by atoms with Gasteiger partial charge in [0.25, 0.3) is 15.7 Å². The first-order valence-electron chi connectivity index (χ1n) is 7.55. The highest BCUT2D eigenvalue weighted by atomic mass is 32.2. The van der Waals surface area contributed by atoms with Gasteiger partial charge in [-0.2, -0.15) is 0 Å². The van der Waals surface area contributed by atoms with Gasteiger partial charge in [-0.1, -0.05) is 54.2 Å². The summed E-state index contributed by atoms with van der Waals surface area (Å²) in [5.74, 6) is 0. The fraction of sp³-hybridized carbons (Fsp3) is 0. The Balaban J connectivity index is 2.08. The number of para-hydroxylation sites is 1. The van der Waals surface area contributed by atoms with Crippen molar-refractivity contribution in [2.24, 2.45) is 0 Å². The van der Waals surface area contributed by atoms with E-state index in [0.29, 0.717) is 10.6 Å². The number of hydrogen-bond acceptors (Lipinski definition) is 5. The fourth-order valence-electron chi connectivity index (χ4n) is 2.28. The average Bonchev–Trinajstić information content (AvgIpc) is 2.63.